The first-order chi connectivity index (χ1) is 19.0. The van der Waals surface area contributed by atoms with Crippen molar-refractivity contribution in [3.8, 4) is 5.75 Å². The fraction of sp³-hybridized carbons (Fsp3) is 0.536. The first kappa shape index (κ1) is 29.4. The van der Waals surface area contributed by atoms with Crippen LogP contribution < -0.4 is 25.6 Å². The number of hydrogen-bond acceptors (Lipinski definition) is 8. The fourth-order valence-corrected chi connectivity index (χ4v) is 4.79. The highest BCUT2D eigenvalue weighted by Gasteiger charge is 2.36. The molecule has 1 aliphatic carbocycles. The predicted molar refractivity (Wildman–Crippen MR) is 150 cm³/mol. The summed E-state index contributed by atoms with van der Waals surface area (Å²) in [5.74, 6) is -0.116. The number of ether oxygens (including phenoxy) is 1. The van der Waals surface area contributed by atoms with Crippen LogP contribution in [-0.2, 0) is 11.0 Å². The number of benzene rings is 1. The van der Waals surface area contributed by atoms with Gasteiger partial charge in [0.25, 0.3) is 0 Å². The van der Waals surface area contributed by atoms with Crippen LogP contribution in [-0.4, -0.2) is 67.2 Å². The number of amides is 1. The molecular weight excluding hydrogens is 523 g/mol. The second-order valence-electron chi connectivity index (χ2n) is 10.6. The minimum absolute atomic E-state index is 0.00981. The summed E-state index contributed by atoms with van der Waals surface area (Å²) in [5, 5.41) is 8.80. The number of alkyl halides is 3. The van der Waals surface area contributed by atoms with Gasteiger partial charge in [-0.3, -0.25) is 4.79 Å². The molecule has 12 heteroatoms. The van der Waals surface area contributed by atoms with Gasteiger partial charge in [-0.2, -0.15) is 18.2 Å². The quantitative estimate of drug-likeness (QED) is 0.414. The molecule has 2 aromatic rings. The molecule has 3 N–H and O–H groups in total. The molecule has 0 spiro atoms. The summed E-state index contributed by atoms with van der Waals surface area (Å²) in [7, 11) is 3.64. The highest BCUT2D eigenvalue weighted by Crippen LogP contribution is 2.37. The van der Waals surface area contributed by atoms with Gasteiger partial charge in [0.15, 0.2) is 0 Å². The molecule has 1 atom stereocenters. The van der Waals surface area contributed by atoms with E-state index in [-0.39, 0.29) is 23.6 Å². The van der Waals surface area contributed by atoms with E-state index in [2.05, 4.69) is 42.8 Å². The number of carbonyl (C=O) groups excluding carboxylic acids is 1. The van der Waals surface area contributed by atoms with Crippen molar-refractivity contribution in [1.29, 1.82) is 0 Å². The maximum absolute atomic E-state index is 13.9. The molecule has 218 valence electrons. The number of carbonyl (C=O) groups is 1. The molecule has 1 aliphatic heterocycles. The third-order valence-electron chi connectivity index (χ3n) is 7.29. The lowest BCUT2D eigenvalue weighted by molar-refractivity contribution is -0.137. The zero-order valence-electron chi connectivity index (χ0n) is 23.4. The molecular formula is C28H38F3N7O2. The van der Waals surface area contributed by atoms with E-state index in [0.29, 0.717) is 24.3 Å². The van der Waals surface area contributed by atoms with Crippen LogP contribution >= 0.6 is 0 Å². The molecule has 2 fully saturated rings. The Bertz CT molecular complexity index is 1210. The van der Waals surface area contributed by atoms with Crippen molar-refractivity contribution in [2.45, 2.75) is 51.7 Å². The van der Waals surface area contributed by atoms with Gasteiger partial charge in [0.05, 0.1) is 18.8 Å². The van der Waals surface area contributed by atoms with Gasteiger partial charge < -0.3 is 30.5 Å². The summed E-state index contributed by atoms with van der Waals surface area (Å²) in [6.45, 7) is 7.26. The predicted octanol–water partition coefficient (Wildman–Crippen LogP) is 5.01. The third kappa shape index (κ3) is 7.35. The minimum Gasteiger partial charge on any atom is -0.494 e. The summed E-state index contributed by atoms with van der Waals surface area (Å²) < 4.78 is 47.4. The first-order valence-electron chi connectivity index (χ1n) is 13.6. The SMILES string of the molecule is COc1cc(N2CCN(C)CC2)ccc1Nc1ncc(C(F)(F)F)c(NC2CCCC/C2=C\NC(=O)C(C)C)n1. The summed E-state index contributed by atoms with van der Waals surface area (Å²) >= 11 is 0. The van der Waals surface area contributed by atoms with Gasteiger partial charge in [-0.25, -0.2) is 4.98 Å². The van der Waals surface area contributed by atoms with Crippen molar-refractivity contribution in [2.24, 2.45) is 5.92 Å². The van der Waals surface area contributed by atoms with Gasteiger partial charge in [0.2, 0.25) is 11.9 Å². The number of methoxy groups -OCH3 is 1. The molecule has 2 aliphatic rings. The fourth-order valence-electron chi connectivity index (χ4n) is 4.79. The summed E-state index contributed by atoms with van der Waals surface area (Å²) in [5.41, 5.74) is 1.43. The van der Waals surface area contributed by atoms with E-state index in [1.54, 1.807) is 27.2 Å². The number of nitrogens with zero attached hydrogens (tertiary/aromatic N) is 4. The lowest BCUT2D eigenvalue weighted by Gasteiger charge is -2.34. The average Bonchev–Trinajstić information content (AvgIpc) is 2.92. The van der Waals surface area contributed by atoms with Gasteiger partial charge in [-0.05, 0) is 44.0 Å². The number of aromatic nitrogens is 2. The normalized spacial score (nSPS) is 19.6. The van der Waals surface area contributed by atoms with Gasteiger partial charge >= 0.3 is 6.18 Å². The van der Waals surface area contributed by atoms with Crippen LogP contribution in [0.15, 0.2) is 36.2 Å². The summed E-state index contributed by atoms with van der Waals surface area (Å²) in [4.78, 5) is 24.8. The van der Waals surface area contributed by atoms with E-state index < -0.39 is 17.8 Å². The van der Waals surface area contributed by atoms with Crippen molar-refractivity contribution in [3.63, 3.8) is 0 Å². The van der Waals surface area contributed by atoms with Crippen LogP contribution in [0.25, 0.3) is 0 Å². The van der Waals surface area contributed by atoms with E-state index in [0.717, 1.165) is 56.5 Å². The monoisotopic (exact) mass is 561 g/mol. The Morgan fingerprint density at radius 2 is 1.93 bits per heavy atom. The standard InChI is InChI=1S/C28H38F3N7O2/c1-18(2)26(39)32-16-19-7-5-6-8-22(19)34-25-21(28(29,30)31)17-33-27(36-25)35-23-10-9-20(15-24(23)40-4)38-13-11-37(3)12-14-38/h9-10,15-18,22H,5-8,11-14H2,1-4H3,(H,32,39)(H2,33,34,35,36)/b19-16+. The number of hydrogen-bond donors (Lipinski definition) is 3. The van der Waals surface area contributed by atoms with Crippen LogP contribution in [0.5, 0.6) is 5.75 Å². The number of piperazine rings is 1. The van der Waals surface area contributed by atoms with E-state index in [9.17, 15) is 18.0 Å². The average molecular weight is 562 g/mol. The second-order valence-corrected chi connectivity index (χ2v) is 10.6. The highest BCUT2D eigenvalue weighted by molar-refractivity contribution is 5.79. The van der Waals surface area contributed by atoms with Crippen LogP contribution in [0.1, 0.15) is 45.1 Å². The van der Waals surface area contributed by atoms with Crippen LogP contribution in [0, 0.1) is 5.92 Å². The Morgan fingerprint density at radius 3 is 2.60 bits per heavy atom. The molecule has 4 rings (SSSR count). The Hall–Kier alpha value is -3.54. The smallest absolute Gasteiger partial charge is 0.421 e. The van der Waals surface area contributed by atoms with E-state index >= 15 is 0 Å². The molecule has 1 unspecified atom stereocenters. The molecule has 40 heavy (non-hydrogen) atoms. The topological polar surface area (TPSA) is 94.6 Å². The maximum Gasteiger partial charge on any atom is 0.421 e. The van der Waals surface area contributed by atoms with Gasteiger partial charge in [0, 0.05) is 56.2 Å². The van der Waals surface area contributed by atoms with Crippen molar-refractivity contribution in [3.05, 3.63) is 41.7 Å². The van der Waals surface area contributed by atoms with E-state index in [4.69, 9.17) is 4.74 Å². The van der Waals surface area contributed by atoms with Crippen LogP contribution in [0.2, 0.25) is 0 Å². The van der Waals surface area contributed by atoms with Crippen molar-refractivity contribution >= 4 is 29.0 Å². The zero-order valence-corrected chi connectivity index (χ0v) is 23.4. The Balaban J connectivity index is 1.57. The largest absolute Gasteiger partial charge is 0.494 e. The molecule has 0 radical (unpaired) electrons. The van der Waals surface area contributed by atoms with Crippen molar-refractivity contribution < 1.29 is 22.7 Å². The molecule has 0 bridgehead atoms. The molecule has 1 amide bonds. The number of halogens is 3. The van der Waals surface area contributed by atoms with Crippen molar-refractivity contribution in [2.75, 3.05) is 55.9 Å². The van der Waals surface area contributed by atoms with Gasteiger partial charge in [-0.1, -0.05) is 20.3 Å². The lowest BCUT2D eigenvalue weighted by atomic mass is 9.90. The maximum atomic E-state index is 13.9. The first-order valence-corrected chi connectivity index (χ1v) is 13.6. The Morgan fingerprint density at radius 1 is 1.18 bits per heavy atom. The minimum atomic E-state index is -4.65. The number of anilines is 4. The number of nitrogens with one attached hydrogen (secondary N) is 3. The van der Waals surface area contributed by atoms with Crippen molar-refractivity contribution in [1.82, 2.24) is 20.2 Å². The molecule has 1 aromatic heterocycles. The summed E-state index contributed by atoms with van der Waals surface area (Å²) in [6.07, 6.45) is 0.803. The van der Waals surface area contributed by atoms with Crippen LogP contribution in [0.3, 0.4) is 0 Å². The van der Waals surface area contributed by atoms with Gasteiger partial charge in [0.1, 0.15) is 17.1 Å². The van der Waals surface area contributed by atoms with E-state index in [1.165, 1.54) is 0 Å². The zero-order chi connectivity index (χ0) is 28.9. The molecule has 1 saturated heterocycles. The van der Waals surface area contributed by atoms with E-state index in [1.807, 2.05) is 18.2 Å². The highest BCUT2D eigenvalue weighted by atomic mass is 19.4. The lowest BCUT2D eigenvalue weighted by Crippen LogP contribution is -2.44. The third-order valence-corrected chi connectivity index (χ3v) is 7.29. The molecule has 1 aromatic carbocycles. The Labute approximate surface area is 233 Å². The Kier molecular flexibility index (Phi) is 9.39. The molecule has 2 heterocycles. The molecule has 9 nitrogen and oxygen atoms in total. The second kappa shape index (κ2) is 12.8. The number of likely N-dealkylation sites (N-methyl/N-ethyl adjacent to an activating group) is 1. The molecule has 1 saturated carbocycles. The summed E-state index contributed by atoms with van der Waals surface area (Å²) in [6, 6.07) is 5.27. The van der Waals surface area contributed by atoms with Crippen LogP contribution in [0.4, 0.5) is 36.3 Å². The van der Waals surface area contributed by atoms with Gasteiger partial charge in [-0.15, -0.1) is 0 Å². The number of rotatable bonds is 8.